The minimum Gasteiger partial charge on any atom is -0.493 e. The largest absolute Gasteiger partial charge is 0.493 e. The molecule has 1 aromatic rings. The highest BCUT2D eigenvalue weighted by molar-refractivity contribution is 5.85. The van der Waals surface area contributed by atoms with Gasteiger partial charge >= 0.3 is 0 Å². The van der Waals surface area contributed by atoms with E-state index in [2.05, 4.69) is 12.1 Å². The molecule has 4 rings (SSSR count). The third-order valence-corrected chi connectivity index (χ3v) is 7.23. The fourth-order valence-corrected chi connectivity index (χ4v) is 5.39. The fourth-order valence-electron chi connectivity index (χ4n) is 5.39. The lowest BCUT2D eigenvalue weighted by atomic mass is 9.78. The van der Waals surface area contributed by atoms with Crippen LogP contribution in [0, 0.1) is 5.92 Å². The Morgan fingerprint density at radius 2 is 1.81 bits per heavy atom. The summed E-state index contributed by atoms with van der Waals surface area (Å²) >= 11 is 0. The van der Waals surface area contributed by atoms with Crippen LogP contribution in [0.25, 0.3) is 0 Å². The van der Waals surface area contributed by atoms with Crippen molar-refractivity contribution < 1.29 is 23.7 Å². The lowest BCUT2D eigenvalue weighted by Gasteiger charge is -2.46. The molecule has 1 spiro atoms. The van der Waals surface area contributed by atoms with Gasteiger partial charge in [0.2, 0.25) is 5.91 Å². The van der Waals surface area contributed by atoms with Crippen molar-refractivity contribution in [1.29, 1.82) is 0 Å². The van der Waals surface area contributed by atoms with Gasteiger partial charge in [-0.05, 0) is 61.8 Å². The van der Waals surface area contributed by atoms with E-state index in [1.165, 1.54) is 11.1 Å². The van der Waals surface area contributed by atoms with Crippen LogP contribution in [0.1, 0.15) is 43.2 Å². The topological polar surface area (TPSA) is 83.3 Å². The molecule has 2 aliphatic heterocycles. The molecule has 1 saturated heterocycles. The number of nitrogens with zero attached hydrogens (tertiary/aromatic N) is 1. The summed E-state index contributed by atoms with van der Waals surface area (Å²) < 4.78 is 22.9. The predicted octanol–water partition coefficient (Wildman–Crippen LogP) is 2.66. The van der Waals surface area contributed by atoms with E-state index in [-0.39, 0.29) is 42.0 Å². The standard InChI is InChI=1S/C23H34N2O5.ClH/c1-27-19-13-16(4-5-18(19)24)22(26)25-9-7-23(8-10-25)17-14-21(29-3)20(28-2)12-15(17)6-11-30-23;/h12,14,16,18-19H,4-11,13,24H2,1-3H3;1H/t16-,18-,19-;/m0./s1. The summed E-state index contributed by atoms with van der Waals surface area (Å²) in [5.41, 5.74) is 8.21. The Hall–Kier alpha value is -1.54. The lowest BCUT2D eigenvalue weighted by Crippen LogP contribution is -2.51. The number of rotatable bonds is 4. The molecule has 2 heterocycles. The Labute approximate surface area is 190 Å². The smallest absolute Gasteiger partial charge is 0.225 e. The zero-order valence-corrected chi connectivity index (χ0v) is 19.5. The van der Waals surface area contributed by atoms with Gasteiger partial charge < -0.3 is 29.6 Å². The minimum atomic E-state index is -0.353. The Balaban J connectivity index is 0.00000272. The summed E-state index contributed by atoms with van der Waals surface area (Å²) in [6.07, 6.45) is 4.82. The van der Waals surface area contributed by atoms with Crippen LogP contribution in [-0.4, -0.2) is 64.0 Å². The van der Waals surface area contributed by atoms with Crippen LogP contribution >= 0.6 is 12.4 Å². The molecule has 0 unspecified atom stereocenters. The molecule has 1 aliphatic carbocycles. The summed E-state index contributed by atoms with van der Waals surface area (Å²) in [6, 6.07) is 4.17. The first-order chi connectivity index (χ1) is 14.5. The molecular weight excluding hydrogens is 420 g/mol. The minimum absolute atomic E-state index is 0. The summed E-state index contributed by atoms with van der Waals surface area (Å²) in [4.78, 5) is 15.2. The number of piperidine rings is 1. The molecule has 174 valence electrons. The van der Waals surface area contributed by atoms with Crippen LogP contribution in [0.5, 0.6) is 11.5 Å². The predicted molar refractivity (Wildman–Crippen MR) is 120 cm³/mol. The molecule has 1 saturated carbocycles. The van der Waals surface area contributed by atoms with E-state index in [9.17, 15) is 4.79 Å². The maximum Gasteiger partial charge on any atom is 0.225 e. The van der Waals surface area contributed by atoms with E-state index in [0.29, 0.717) is 26.1 Å². The highest BCUT2D eigenvalue weighted by atomic mass is 35.5. The van der Waals surface area contributed by atoms with E-state index >= 15 is 0 Å². The van der Waals surface area contributed by atoms with E-state index in [1.807, 2.05) is 4.90 Å². The molecule has 0 aromatic heterocycles. The van der Waals surface area contributed by atoms with Gasteiger partial charge in [-0.2, -0.15) is 0 Å². The number of benzene rings is 1. The molecule has 7 nitrogen and oxygen atoms in total. The van der Waals surface area contributed by atoms with Crippen LogP contribution < -0.4 is 15.2 Å². The first kappa shape index (κ1) is 24.1. The third kappa shape index (κ3) is 4.51. The van der Waals surface area contributed by atoms with Crippen LogP contribution in [0.3, 0.4) is 0 Å². The van der Waals surface area contributed by atoms with Crippen molar-refractivity contribution in [2.45, 2.75) is 56.3 Å². The van der Waals surface area contributed by atoms with Crippen molar-refractivity contribution in [3.8, 4) is 11.5 Å². The number of hydrogen-bond donors (Lipinski definition) is 1. The number of amides is 1. The summed E-state index contributed by atoms with van der Waals surface area (Å²) in [7, 11) is 5.00. The van der Waals surface area contributed by atoms with Gasteiger partial charge in [0.25, 0.3) is 0 Å². The van der Waals surface area contributed by atoms with Crippen molar-refractivity contribution >= 4 is 18.3 Å². The van der Waals surface area contributed by atoms with Crippen molar-refractivity contribution in [3.63, 3.8) is 0 Å². The molecule has 3 aliphatic rings. The SMILES string of the molecule is COc1cc2c(cc1OC)C1(CCN(C(=O)[C@H]3CC[C@H](N)[C@@H](OC)C3)CC1)OCC2.Cl. The second-order valence-electron chi connectivity index (χ2n) is 8.73. The number of hydrogen-bond acceptors (Lipinski definition) is 6. The summed E-state index contributed by atoms with van der Waals surface area (Å²) in [5, 5.41) is 0. The van der Waals surface area contributed by atoms with Crippen molar-refractivity contribution in [2.24, 2.45) is 11.7 Å². The Kier molecular flexibility index (Phi) is 7.73. The highest BCUT2D eigenvalue weighted by Gasteiger charge is 2.44. The highest BCUT2D eigenvalue weighted by Crippen LogP contribution is 2.45. The molecule has 3 atom stereocenters. The molecule has 1 amide bonds. The van der Waals surface area contributed by atoms with E-state index < -0.39 is 0 Å². The number of likely N-dealkylation sites (tertiary alicyclic amines) is 1. The Morgan fingerprint density at radius 3 is 2.45 bits per heavy atom. The second-order valence-corrected chi connectivity index (χ2v) is 8.73. The summed E-state index contributed by atoms with van der Waals surface area (Å²) in [6.45, 7) is 2.09. The van der Waals surface area contributed by atoms with Crippen molar-refractivity contribution in [3.05, 3.63) is 23.3 Å². The number of nitrogens with two attached hydrogens (primary N) is 1. The van der Waals surface area contributed by atoms with Crippen molar-refractivity contribution in [1.82, 2.24) is 4.90 Å². The molecule has 2 N–H and O–H groups in total. The van der Waals surface area contributed by atoms with Gasteiger partial charge in [-0.3, -0.25) is 4.79 Å². The monoisotopic (exact) mass is 454 g/mol. The first-order valence-electron chi connectivity index (χ1n) is 11.0. The molecule has 0 bridgehead atoms. The fraction of sp³-hybridized carbons (Fsp3) is 0.696. The Morgan fingerprint density at radius 1 is 1.13 bits per heavy atom. The average Bonchev–Trinajstić information content (AvgIpc) is 2.79. The molecule has 31 heavy (non-hydrogen) atoms. The van der Waals surface area contributed by atoms with Crippen molar-refractivity contribution in [2.75, 3.05) is 41.0 Å². The normalized spacial score (nSPS) is 27.2. The van der Waals surface area contributed by atoms with Gasteiger partial charge in [0.05, 0.1) is 32.5 Å². The van der Waals surface area contributed by atoms with E-state index in [1.54, 1.807) is 21.3 Å². The van der Waals surface area contributed by atoms with Crippen LogP contribution in [-0.2, 0) is 26.3 Å². The van der Waals surface area contributed by atoms with Gasteiger partial charge in [0, 0.05) is 32.2 Å². The van der Waals surface area contributed by atoms with Crippen LogP contribution in [0.2, 0.25) is 0 Å². The van der Waals surface area contributed by atoms with Crippen LogP contribution in [0.15, 0.2) is 12.1 Å². The number of carbonyl (C=O) groups excluding carboxylic acids is 1. The summed E-state index contributed by atoms with van der Waals surface area (Å²) in [5.74, 6) is 1.72. The lowest BCUT2D eigenvalue weighted by molar-refractivity contribution is -0.147. The number of fused-ring (bicyclic) bond motifs is 2. The second kappa shape index (κ2) is 9.94. The zero-order chi connectivity index (χ0) is 21.3. The van der Waals surface area contributed by atoms with Gasteiger partial charge in [-0.15, -0.1) is 12.4 Å². The molecule has 0 radical (unpaired) electrons. The number of methoxy groups -OCH3 is 3. The number of ether oxygens (including phenoxy) is 4. The maximum absolute atomic E-state index is 13.2. The van der Waals surface area contributed by atoms with Gasteiger partial charge in [0.15, 0.2) is 11.5 Å². The van der Waals surface area contributed by atoms with Gasteiger partial charge in [-0.1, -0.05) is 0 Å². The van der Waals surface area contributed by atoms with Gasteiger partial charge in [-0.25, -0.2) is 0 Å². The molecule has 1 aromatic carbocycles. The van der Waals surface area contributed by atoms with E-state index in [4.69, 9.17) is 24.7 Å². The Bertz CT molecular complexity index is 781. The van der Waals surface area contributed by atoms with E-state index in [0.717, 1.165) is 43.6 Å². The van der Waals surface area contributed by atoms with Gasteiger partial charge in [0.1, 0.15) is 0 Å². The molecular formula is C23H35ClN2O5. The average molecular weight is 455 g/mol. The third-order valence-electron chi connectivity index (χ3n) is 7.23. The number of carbonyl (C=O) groups is 1. The first-order valence-corrected chi connectivity index (χ1v) is 11.0. The maximum atomic E-state index is 13.2. The number of halogens is 1. The quantitative estimate of drug-likeness (QED) is 0.753. The van der Waals surface area contributed by atoms with Crippen LogP contribution in [0.4, 0.5) is 0 Å². The zero-order valence-electron chi connectivity index (χ0n) is 18.7. The molecule has 2 fully saturated rings. The molecule has 8 heteroatoms.